The molecule has 100 valence electrons. The zero-order valence-corrected chi connectivity index (χ0v) is 12.3. The molecule has 1 rings (SSSR count). The first kappa shape index (κ1) is 15.0. The molecule has 0 unspecified atom stereocenters. The summed E-state index contributed by atoms with van der Waals surface area (Å²) in [5.74, 6) is 0. The monoisotopic (exact) mass is 264 g/mol. The van der Waals surface area contributed by atoms with Gasteiger partial charge in [0.05, 0.1) is 0 Å². The van der Waals surface area contributed by atoms with E-state index in [0.29, 0.717) is 0 Å². The van der Waals surface area contributed by atoms with E-state index in [0.717, 1.165) is 17.3 Å². The number of hydrogen-bond donors (Lipinski definition) is 2. The van der Waals surface area contributed by atoms with Crippen LogP contribution in [0.2, 0.25) is 0 Å². The lowest BCUT2D eigenvalue weighted by atomic mass is 10.1. The molecule has 2 nitrogen and oxygen atoms in total. The summed E-state index contributed by atoms with van der Waals surface area (Å²) >= 11 is 5.27. The second kappa shape index (κ2) is 8.92. The van der Waals surface area contributed by atoms with Crippen molar-refractivity contribution in [1.82, 2.24) is 5.32 Å². The Balaban J connectivity index is 2.16. The molecule has 0 spiro atoms. The number of hydrogen-bond acceptors (Lipinski definition) is 1. The molecule has 0 bridgehead atoms. The summed E-state index contributed by atoms with van der Waals surface area (Å²) in [5.41, 5.74) is 2.30. The summed E-state index contributed by atoms with van der Waals surface area (Å²) in [4.78, 5) is 0. The molecule has 0 amide bonds. The number of thiocarbonyl (C=S) groups is 1. The zero-order valence-electron chi connectivity index (χ0n) is 11.5. The largest absolute Gasteiger partial charge is 0.362 e. The van der Waals surface area contributed by atoms with Gasteiger partial charge in [-0.1, -0.05) is 50.8 Å². The number of rotatable bonds is 7. The lowest BCUT2D eigenvalue weighted by Gasteiger charge is -2.12. The molecule has 0 fully saturated rings. The van der Waals surface area contributed by atoms with Gasteiger partial charge in [-0.05, 0) is 37.2 Å². The predicted octanol–water partition coefficient (Wildman–Crippen LogP) is 4.25. The summed E-state index contributed by atoms with van der Waals surface area (Å²) in [5, 5.41) is 7.21. The van der Waals surface area contributed by atoms with Gasteiger partial charge in [0.15, 0.2) is 5.11 Å². The number of anilines is 1. The summed E-state index contributed by atoms with van der Waals surface area (Å²) < 4.78 is 0. The van der Waals surface area contributed by atoms with Crippen LogP contribution in [0.5, 0.6) is 0 Å². The minimum absolute atomic E-state index is 0.722. The molecule has 18 heavy (non-hydrogen) atoms. The van der Waals surface area contributed by atoms with E-state index >= 15 is 0 Å². The third-order valence-corrected chi connectivity index (χ3v) is 3.21. The van der Waals surface area contributed by atoms with Crippen molar-refractivity contribution in [2.24, 2.45) is 0 Å². The van der Waals surface area contributed by atoms with Crippen LogP contribution in [0, 0.1) is 6.92 Å². The first-order valence-electron chi connectivity index (χ1n) is 6.84. The molecule has 0 radical (unpaired) electrons. The average Bonchev–Trinajstić information content (AvgIpc) is 2.36. The fourth-order valence-corrected chi connectivity index (χ4v) is 2.02. The van der Waals surface area contributed by atoms with Gasteiger partial charge in [-0.3, -0.25) is 0 Å². The van der Waals surface area contributed by atoms with Crippen molar-refractivity contribution in [3.63, 3.8) is 0 Å². The highest BCUT2D eigenvalue weighted by Crippen LogP contribution is 2.12. The Hall–Kier alpha value is -1.09. The zero-order chi connectivity index (χ0) is 13.2. The molecule has 1 aromatic carbocycles. The van der Waals surface area contributed by atoms with E-state index in [4.69, 9.17) is 12.2 Å². The maximum Gasteiger partial charge on any atom is 0.170 e. The van der Waals surface area contributed by atoms with E-state index in [2.05, 4.69) is 30.5 Å². The van der Waals surface area contributed by atoms with Gasteiger partial charge in [-0.25, -0.2) is 0 Å². The van der Waals surface area contributed by atoms with Crippen molar-refractivity contribution in [2.75, 3.05) is 11.9 Å². The molecule has 0 aliphatic rings. The highest BCUT2D eigenvalue weighted by atomic mass is 32.1. The van der Waals surface area contributed by atoms with Crippen molar-refractivity contribution < 1.29 is 0 Å². The molecule has 0 saturated carbocycles. The third kappa shape index (κ3) is 6.01. The van der Waals surface area contributed by atoms with E-state index in [1.54, 1.807) is 0 Å². The number of aryl methyl sites for hydroxylation is 1. The fourth-order valence-electron chi connectivity index (χ4n) is 1.81. The molecule has 0 saturated heterocycles. The van der Waals surface area contributed by atoms with Crippen molar-refractivity contribution in [3.8, 4) is 0 Å². The third-order valence-electron chi connectivity index (χ3n) is 2.96. The van der Waals surface area contributed by atoms with Crippen LogP contribution in [0.1, 0.15) is 44.6 Å². The molecule has 1 aromatic rings. The number of para-hydroxylation sites is 1. The SMILES string of the molecule is CCCCCCCNC(=S)Nc1ccccc1C. The Kier molecular flexibility index (Phi) is 7.42. The van der Waals surface area contributed by atoms with Crippen LogP contribution in [-0.4, -0.2) is 11.7 Å². The second-order valence-corrected chi connectivity index (χ2v) is 5.02. The van der Waals surface area contributed by atoms with Gasteiger partial charge in [-0.2, -0.15) is 0 Å². The normalized spacial score (nSPS) is 10.1. The van der Waals surface area contributed by atoms with Gasteiger partial charge < -0.3 is 10.6 Å². The van der Waals surface area contributed by atoms with E-state index in [9.17, 15) is 0 Å². The van der Waals surface area contributed by atoms with Gasteiger partial charge in [-0.15, -0.1) is 0 Å². The Morgan fingerprint density at radius 1 is 1.11 bits per heavy atom. The van der Waals surface area contributed by atoms with E-state index in [-0.39, 0.29) is 0 Å². The minimum Gasteiger partial charge on any atom is -0.362 e. The summed E-state index contributed by atoms with van der Waals surface area (Å²) in [6.45, 7) is 5.27. The first-order chi connectivity index (χ1) is 8.74. The Morgan fingerprint density at radius 2 is 1.83 bits per heavy atom. The van der Waals surface area contributed by atoms with Gasteiger partial charge in [0.25, 0.3) is 0 Å². The molecule has 0 aliphatic heterocycles. The van der Waals surface area contributed by atoms with Crippen LogP contribution >= 0.6 is 12.2 Å². The van der Waals surface area contributed by atoms with Crippen molar-refractivity contribution in [2.45, 2.75) is 46.0 Å². The van der Waals surface area contributed by atoms with Crippen LogP contribution in [0.4, 0.5) is 5.69 Å². The minimum atomic E-state index is 0.722. The predicted molar refractivity (Wildman–Crippen MR) is 84.2 cm³/mol. The highest BCUT2D eigenvalue weighted by Gasteiger charge is 1.99. The lowest BCUT2D eigenvalue weighted by molar-refractivity contribution is 0.625. The summed E-state index contributed by atoms with van der Waals surface area (Å²) in [6, 6.07) is 8.17. The quantitative estimate of drug-likeness (QED) is 0.568. The highest BCUT2D eigenvalue weighted by molar-refractivity contribution is 7.80. The second-order valence-electron chi connectivity index (χ2n) is 4.61. The van der Waals surface area contributed by atoms with Crippen LogP contribution in [-0.2, 0) is 0 Å². The van der Waals surface area contributed by atoms with E-state index < -0.39 is 0 Å². The molecule has 0 atom stereocenters. The standard InChI is InChI=1S/C15H24N2S/c1-3-4-5-6-9-12-16-15(18)17-14-11-8-7-10-13(14)2/h7-8,10-11H,3-6,9,12H2,1-2H3,(H2,16,17,18). The Labute approximate surface area is 116 Å². The summed E-state index contributed by atoms with van der Waals surface area (Å²) in [6.07, 6.45) is 6.44. The van der Waals surface area contributed by atoms with Crippen LogP contribution in [0.25, 0.3) is 0 Å². The first-order valence-corrected chi connectivity index (χ1v) is 7.25. The number of nitrogens with one attached hydrogen (secondary N) is 2. The molecule has 0 aliphatic carbocycles. The Bertz CT molecular complexity index is 363. The maximum absolute atomic E-state index is 5.27. The molecule has 0 heterocycles. The maximum atomic E-state index is 5.27. The van der Waals surface area contributed by atoms with Crippen LogP contribution in [0.15, 0.2) is 24.3 Å². The van der Waals surface area contributed by atoms with Crippen molar-refractivity contribution in [1.29, 1.82) is 0 Å². The topological polar surface area (TPSA) is 24.1 Å². The Morgan fingerprint density at radius 3 is 2.56 bits per heavy atom. The van der Waals surface area contributed by atoms with Gasteiger partial charge in [0, 0.05) is 12.2 Å². The molecule has 2 N–H and O–H groups in total. The van der Waals surface area contributed by atoms with Crippen LogP contribution < -0.4 is 10.6 Å². The molecular formula is C15H24N2S. The fraction of sp³-hybridized carbons (Fsp3) is 0.533. The van der Waals surface area contributed by atoms with Crippen LogP contribution in [0.3, 0.4) is 0 Å². The van der Waals surface area contributed by atoms with Crippen molar-refractivity contribution >= 4 is 23.0 Å². The van der Waals surface area contributed by atoms with E-state index in [1.807, 2.05) is 18.2 Å². The van der Waals surface area contributed by atoms with E-state index in [1.165, 1.54) is 37.7 Å². The molecule has 0 aromatic heterocycles. The van der Waals surface area contributed by atoms with Gasteiger partial charge >= 0.3 is 0 Å². The van der Waals surface area contributed by atoms with Crippen molar-refractivity contribution in [3.05, 3.63) is 29.8 Å². The smallest absolute Gasteiger partial charge is 0.170 e. The van der Waals surface area contributed by atoms with Gasteiger partial charge in [0.2, 0.25) is 0 Å². The summed E-state index contributed by atoms with van der Waals surface area (Å²) in [7, 11) is 0. The number of benzene rings is 1. The molecular weight excluding hydrogens is 240 g/mol. The van der Waals surface area contributed by atoms with Gasteiger partial charge in [0.1, 0.15) is 0 Å². The molecule has 3 heteroatoms. The lowest BCUT2D eigenvalue weighted by Crippen LogP contribution is -2.29. The average molecular weight is 264 g/mol. The number of unbranched alkanes of at least 4 members (excludes halogenated alkanes) is 4.